The smallest absolute Gasteiger partial charge is 0.216 e. The zero-order valence-corrected chi connectivity index (χ0v) is 16.8. The third-order valence-corrected chi connectivity index (χ3v) is 8.51. The molecule has 28 heavy (non-hydrogen) atoms. The Morgan fingerprint density at radius 3 is 2.61 bits per heavy atom. The van der Waals surface area contributed by atoms with Gasteiger partial charge in [0.15, 0.2) is 0 Å². The molecule has 1 saturated heterocycles. The number of pyridine rings is 1. The van der Waals surface area contributed by atoms with Crippen molar-refractivity contribution in [2.24, 2.45) is 0 Å². The van der Waals surface area contributed by atoms with Crippen molar-refractivity contribution in [3.05, 3.63) is 60.8 Å². The lowest BCUT2D eigenvalue weighted by atomic mass is 10.1. The molecule has 0 aliphatic carbocycles. The minimum atomic E-state index is -3.62. The maximum atomic E-state index is 13.5. The average Bonchev–Trinajstić information content (AvgIpc) is 3.19. The van der Waals surface area contributed by atoms with Crippen molar-refractivity contribution in [2.75, 3.05) is 31.1 Å². The van der Waals surface area contributed by atoms with Crippen molar-refractivity contribution in [1.82, 2.24) is 10.3 Å². The van der Waals surface area contributed by atoms with E-state index >= 15 is 0 Å². The molecule has 1 N–H and O–H groups in total. The number of hydrogen-bond donors (Lipinski definition) is 1. The monoisotopic (exact) mass is 409 g/mol. The highest BCUT2D eigenvalue weighted by molar-refractivity contribution is 7.93. The van der Waals surface area contributed by atoms with E-state index in [1.165, 1.54) is 11.3 Å². The number of thiophene rings is 1. The second-order valence-electron chi connectivity index (χ2n) is 6.83. The molecule has 1 fully saturated rings. The third-order valence-electron chi connectivity index (χ3n) is 5.12. The summed E-state index contributed by atoms with van der Waals surface area (Å²) in [7, 11) is -3.62. The van der Waals surface area contributed by atoms with Gasteiger partial charge in [-0.15, -0.1) is 11.3 Å². The number of nitrogens with zero attached hydrogens (tertiary/aromatic N) is 2. The highest BCUT2D eigenvalue weighted by Crippen LogP contribution is 2.38. The molecule has 7 heteroatoms. The Bertz CT molecular complexity index is 1270. The van der Waals surface area contributed by atoms with Gasteiger partial charge in [-0.05, 0) is 23.6 Å². The van der Waals surface area contributed by atoms with Gasteiger partial charge in [-0.3, -0.25) is 0 Å². The lowest BCUT2D eigenvalue weighted by Crippen LogP contribution is -2.43. The number of piperazine rings is 1. The predicted molar refractivity (Wildman–Crippen MR) is 114 cm³/mol. The molecular weight excluding hydrogens is 390 g/mol. The molecule has 1 aliphatic heterocycles. The number of sulfone groups is 1. The summed E-state index contributed by atoms with van der Waals surface area (Å²) in [4.78, 5) is 7.14. The first-order valence-corrected chi connectivity index (χ1v) is 11.5. The lowest BCUT2D eigenvalue weighted by Gasteiger charge is -2.28. The first-order chi connectivity index (χ1) is 13.6. The Balaban J connectivity index is 1.66. The van der Waals surface area contributed by atoms with Crippen molar-refractivity contribution in [3.63, 3.8) is 0 Å². The summed E-state index contributed by atoms with van der Waals surface area (Å²) in [6, 6.07) is 16.7. The Hall–Kier alpha value is -2.48. The van der Waals surface area contributed by atoms with Crippen molar-refractivity contribution >= 4 is 47.9 Å². The van der Waals surface area contributed by atoms with E-state index in [9.17, 15) is 8.42 Å². The molecule has 1 aliphatic rings. The van der Waals surface area contributed by atoms with Gasteiger partial charge in [0.25, 0.3) is 0 Å². The highest BCUT2D eigenvalue weighted by Gasteiger charge is 2.24. The van der Waals surface area contributed by atoms with Crippen molar-refractivity contribution in [2.45, 2.75) is 9.10 Å². The first-order valence-electron chi connectivity index (χ1n) is 9.22. The van der Waals surface area contributed by atoms with E-state index in [1.54, 1.807) is 24.4 Å². The van der Waals surface area contributed by atoms with Crippen LogP contribution in [0.4, 0.5) is 5.82 Å². The summed E-state index contributed by atoms with van der Waals surface area (Å²) < 4.78 is 28.3. The Labute approximate surface area is 167 Å². The van der Waals surface area contributed by atoms with E-state index in [4.69, 9.17) is 0 Å². The number of rotatable bonds is 3. The van der Waals surface area contributed by atoms with Crippen LogP contribution in [0.3, 0.4) is 0 Å². The SMILES string of the molecule is O=S(=O)(c1cc2c(N3CCNCC3)nccc2s1)c1cccc2ccccc12. The fraction of sp³-hybridized carbons (Fsp3) is 0.190. The van der Waals surface area contributed by atoms with Gasteiger partial charge < -0.3 is 10.2 Å². The maximum absolute atomic E-state index is 13.5. The first kappa shape index (κ1) is 17.6. The molecule has 0 spiro atoms. The molecule has 0 bridgehead atoms. The lowest BCUT2D eigenvalue weighted by molar-refractivity contribution is 0.586. The molecule has 2 aromatic carbocycles. The summed E-state index contributed by atoms with van der Waals surface area (Å²) >= 11 is 1.32. The fourth-order valence-corrected chi connectivity index (χ4v) is 6.71. The molecule has 5 nitrogen and oxygen atoms in total. The van der Waals surface area contributed by atoms with Gasteiger partial charge in [0.05, 0.1) is 4.90 Å². The Kier molecular flexibility index (Phi) is 4.30. The van der Waals surface area contributed by atoms with Gasteiger partial charge in [-0.2, -0.15) is 0 Å². The minimum Gasteiger partial charge on any atom is -0.354 e. The molecule has 0 saturated carbocycles. The third kappa shape index (κ3) is 2.87. The zero-order chi connectivity index (χ0) is 19.1. The van der Waals surface area contributed by atoms with Gasteiger partial charge in [0.1, 0.15) is 10.0 Å². The summed E-state index contributed by atoms with van der Waals surface area (Å²) in [6.45, 7) is 3.55. The van der Waals surface area contributed by atoms with Gasteiger partial charge in [-0.1, -0.05) is 36.4 Å². The molecule has 0 atom stereocenters. The second kappa shape index (κ2) is 6.84. The van der Waals surface area contributed by atoms with E-state index in [-0.39, 0.29) is 0 Å². The van der Waals surface area contributed by atoms with Crippen LogP contribution < -0.4 is 10.2 Å². The molecule has 2 aromatic heterocycles. The Morgan fingerprint density at radius 1 is 0.964 bits per heavy atom. The van der Waals surface area contributed by atoms with Crippen LogP contribution in [0.1, 0.15) is 0 Å². The van der Waals surface area contributed by atoms with E-state index in [2.05, 4.69) is 15.2 Å². The molecule has 0 unspecified atom stereocenters. The van der Waals surface area contributed by atoms with Crippen LogP contribution in [0.25, 0.3) is 20.9 Å². The van der Waals surface area contributed by atoms with Crippen molar-refractivity contribution in [3.8, 4) is 0 Å². The van der Waals surface area contributed by atoms with Crippen LogP contribution in [0.2, 0.25) is 0 Å². The number of benzene rings is 2. The topological polar surface area (TPSA) is 62.3 Å². The van der Waals surface area contributed by atoms with Gasteiger partial charge >= 0.3 is 0 Å². The average molecular weight is 410 g/mol. The van der Waals surface area contributed by atoms with Gasteiger partial charge in [0.2, 0.25) is 9.84 Å². The Morgan fingerprint density at radius 2 is 1.75 bits per heavy atom. The molecular formula is C21H19N3O2S2. The van der Waals surface area contributed by atoms with Crippen LogP contribution in [-0.4, -0.2) is 39.6 Å². The quantitative estimate of drug-likeness (QED) is 0.559. The van der Waals surface area contributed by atoms with Crippen LogP contribution in [0.15, 0.2) is 69.9 Å². The van der Waals surface area contributed by atoms with E-state index in [1.807, 2.05) is 36.4 Å². The second-order valence-corrected chi connectivity index (χ2v) is 10.1. The van der Waals surface area contributed by atoms with Gasteiger partial charge in [-0.25, -0.2) is 13.4 Å². The van der Waals surface area contributed by atoms with Gasteiger partial charge in [0, 0.05) is 47.8 Å². The molecule has 142 valence electrons. The minimum absolute atomic E-state index is 0.355. The fourth-order valence-electron chi connectivity index (χ4n) is 3.72. The molecule has 5 rings (SSSR count). The number of nitrogens with one attached hydrogen (secondary N) is 1. The number of fused-ring (bicyclic) bond motifs is 2. The number of aromatic nitrogens is 1. The molecule has 0 amide bonds. The van der Waals surface area contributed by atoms with E-state index in [0.717, 1.165) is 52.9 Å². The highest BCUT2D eigenvalue weighted by atomic mass is 32.2. The maximum Gasteiger partial charge on any atom is 0.216 e. The molecule has 3 heterocycles. The zero-order valence-electron chi connectivity index (χ0n) is 15.1. The molecule has 0 radical (unpaired) electrons. The summed E-state index contributed by atoms with van der Waals surface area (Å²) in [6.07, 6.45) is 1.77. The van der Waals surface area contributed by atoms with Crippen LogP contribution in [0.5, 0.6) is 0 Å². The standard InChI is InChI=1S/C21H19N3O2S2/c25-28(26,19-7-3-5-15-4-1-2-6-16(15)19)20-14-17-18(27-20)8-9-23-21(17)24-12-10-22-11-13-24/h1-9,14,22H,10-13H2. The summed E-state index contributed by atoms with van der Waals surface area (Å²) in [5.74, 6) is 0.870. The summed E-state index contributed by atoms with van der Waals surface area (Å²) in [5, 5.41) is 5.92. The van der Waals surface area contributed by atoms with E-state index < -0.39 is 9.84 Å². The van der Waals surface area contributed by atoms with Crippen molar-refractivity contribution < 1.29 is 8.42 Å². The number of hydrogen-bond acceptors (Lipinski definition) is 6. The molecule has 4 aromatic rings. The predicted octanol–water partition coefficient (Wildman–Crippen LogP) is 3.69. The normalized spacial score (nSPS) is 15.4. The largest absolute Gasteiger partial charge is 0.354 e. The van der Waals surface area contributed by atoms with Crippen LogP contribution in [-0.2, 0) is 9.84 Å². The van der Waals surface area contributed by atoms with Crippen LogP contribution in [0, 0.1) is 0 Å². The van der Waals surface area contributed by atoms with Crippen LogP contribution >= 0.6 is 11.3 Å². The van der Waals surface area contributed by atoms with Crippen molar-refractivity contribution in [1.29, 1.82) is 0 Å². The van der Waals surface area contributed by atoms with E-state index in [0.29, 0.717) is 9.10 Å². The number of anilines is 1. The summed E-state index contributed by atoms with van der Waals surface area (Å²) in [5.41, 5.74) is 0.